The molecule has 5 nitrogen and oxygen atoms in total. The van der Waals surface area contributed by atoms with Crippen LogP contribution in [0.15, 0.2) is 53.2 Å². The smallest absolute Gasteiger partial charge is 0.265 e. The molecule has 0 saturated carbocycles. The van der Waals surface area contributed by atoms with Crippen LogP contribution in [0.3, 0.4) is 0 Å². The van der Waals surface area contributed by atoms with Crippen LogP contribution in [0, 0.1) is 0 Å². The topological polar surface area (TPSA) is 49.9 Å². The highest BCUT2D eigenvalue weighted by atomic mass is 32.1. The number of benzene rings is 1. The van der Waals surface area contributed by atoms with Crippen LogP contribution in [0.2, 0.25) is 0 Å². The van der Waals surface area contributed by atoms with E-state index in [4.69, 9.17) is 4.74 Å². The van der Waals surface area contributed by atoms with Gasteiger partial charge in [0.1, 0.15) is 5.75 Å². The Morgan fingerprint density at radius 3 is 2.86 bits per heavy atom. The number of amides is 2. The summed E-state index contributed by atoms with van der Waals surface area (Å²) in [6, 6.07) is 13.7. The summed E-state index contributed by atoms with van der Waals surface area (Å²) in [7, 11) is 0. The van der Waals surface area contributed by atoms with Gasteiger partial charge in [0.2, 0.25) is 5.91 Å². The quantitative estimate of drug-likeness (QED) is 0.634. The fourth-order valence-corrected chi connectivity index (χ4v) is 5.85. The van der Waals surface area contributed by atoms with Crippen LogP contribution < -0.4 is 9.64 Å². The van der Waals surface area contributed by atoms with Gasteiger partial charge in [0.05, 0.1) is 11.7 Å². The average molecular weight is 425 g/mol. The summed E-state index contributed by atoms with van der Waals surface area (Å²) in [4.78, 5) is 31.9. The lowest BCUT2D eigenvalue weighted by molar-refractivity contribution is -0.133. The average Bonchev–Trinajstić information content (AvgIpc) is 3.44. The lowest BCUT2D eigenvalue weighted by atomic mass is 9.98. The second kappa shape index (κ2) is 7.65. The Labute approximate surface area is 177 Å². The standard InChI is InChI=1S/C22H20N2O3S2/c25-20(8-11-23-16-4-1-2-5-17(16)27-14-21(23)26)24-10-7-18-15(9-13-29-18)22(24)19-6-3-12-28-19/h1-6,9,12-13,22H,7-8,10-11,14H2/t22-/m0/s1. The summed E-state index contributed by atoms with van der Waals surface area (Å²) in [5, 5.41) is 4.17. The van der Waals surface area contributed by atoms with E-state index < -0.39 is 0 Å². The van der Waals surface area contributed by atoms with Crippen molar-refractivity contribution >= 4 is 40.2 Å². The Hall–Kier alpha value is -2.64. The van der Waals surface area contributed by atoms with Gasteiger partial charge in [-0.05, 0) is 47.0 Å². The van der Waals surface area contributed by atoms with Gasteiger partial charge < -0.3 is 14.5 Å². The van der Waals surface area contributed by atoms with Gasteiger partial charge in [0.15, 0.2) is 6.61 Å². The van der Waals surface area contributed by atoms with E-state index in [1.54, 1.807) is 27.6 Å². The molecule has 2 aliphatic heterocycles. The summed E-state index contributed by atoms with van der Waals surface area (Å²) >= 11 is 3.45. The van der Waals surface area contributed by atoms with Crippen LogP contribution in [0.4, 0.5) is 5.69 Å². The SMILES string of the molecule is O=C1COc2ccccc2N1CCC(=O)N1CCc2sccc2[C@H]1c1cccs1. The molecule has 29 heavy (non-hydrogen) atoms. The first kappa shape index (κ1) is 18.4. The number of rotatable bonds is 4. The van der Waals surface area contributed by atoms with Gasteiger partial charge in [0, 0.05) is 29.3 Å². The number of para-hydroxylation sites is 2. The number of hydrogen-bond donors (Lipinski definition) is 0. The maximum absolute atomic E-state index is 13.3. The number of fused-ring (bicyclic) bond motifs is 2. The molecular weight excluding hydrogens is 404 g/mol. The van der Waals surface area contributed by atoms with Gasteiger partial charge >= 0.3 is 0 Å². The number of carbonyl (C=O) groups excluding carboxylic acids is 2. The Morgan fingerprint density at radius 2 is 2.00 bits per heavy atom. The van der Waals surface area contributed by atoms with Crippen molar-refractivity contribution in [2.45, 2.75) is 18.9 Å². The molecule has 0 bridgehead atoms. The Kier molecular flexibility index (Phi) is 4.85. The predicted molar refractivity (Wildman–Crippen MR) is 115 cm³/mol. The van der Waals surface area contributed by atoms with Gasteiger partial charge in [-0.3, -0.25) is 9.59 Å². The van der Waals surface area contributed by atoms with Gasteiger partial charge in [-0.2, -0.15) is 0 Å². The van der Waals surface area contributed by atoms with Crippen molar-refractivity contribution in [3.8, 4) is 5.75 Å². The van der Waals surface area contributed by atoms with Crippen molar-refractivity contribution in [2.24, 2.45) is 0 Å². The molecule has 7 heteroatoms. The van der Waals surface area contributed by atoms with Crippen LogP contribution in [0.25, 0.3) is 0 Å². The largest absolute Gasteiger partial charge is 0.482 e. The summed E-state index contributed by atoms with van der Waals surface area (Å²) in [5.41, 5.74) is 1.98. The van der Waals surface area contributed by atoms with E-state index >= 15 is 0 Å². The van der Waals surface area contributed by atoms with Gasteiger partial charge in [-0.1, -0.05) is 18.2 Å². The highest BCUT2D eigenvalue weighted by molar-refractivity contribution is 7.10. The molecule has 0 spiro atoms. The number of carbonyl (C=O) groups is 2. The fraction of sp³-hybridized carbons (Fsp3) is 0.273. The molecule has 3 aromatic rings. The Balaban J connectivity index is 1.36. The zero-order valence-electron chi connectivity index (χ0n) is 15.7. The molecule has 0 aliphatic carbocycles. The molecule has 0 unspecified atom stereocenters. The van der Waals surface area contributed by atoms with Gasteiger partial charge in [0.25, 0.3) is 5.91 Å². The molecule has 5 rings (SSSR count). The third kappa shape index (κ3) is 3.34. The lowest BCUT2D eigenvalue weighted by Crippen LogP contribution is -2.44. The van der Waals surface area contributed by atoms with E-state index in [-0.39, 0.29) is 24.5 Å². The minimum Gasteiger partial charge on any atom is -0.482 e. The number of hydrogen-bond acceptors (Lipinski definition) is 5. The maximum atomic E-state index is 13.3. The summed E-state index contributed by atoms with van der Waals surface area (Å²) in [5.74, 6) is 0.666. The van der Waals surface area contributed by atoms with Crippen molar-refractivity contribution in [1.29, 1.82) is 0 Å². The summed E-state index contributed by atoms with van der Waals surface area (Å²) in [6.07, 6.45) is 1.18. The molecule has 2 amide bonds. The van der Waals surface area contributed by atoms with E-state index in [0.717, 1.165) is 12.1 Å². The van der Waals surface area contributed by atoms with E-state index in [1.165, 1.54) is 15.3 Å². The van der Waals surface area contributed by atoms with Crippen LogP contribution in [0.1, 0.15) is 27.8 Å². The second-order valence-electron chi connectivity index (χ2n) is 7.11. The number of ether oxygens (including phenoxy) is 1. The molecule has 0 N–H and O–H groups in total. The van der Waals surface area contributed by atoms with Crippen molar-refractivity contribution in [3.63, 3.8) is 0 Å². The van der Waals surface area contributed by atoms with Gasteiger partial charge in [-0.15, -0.1) is 22.7 Å². The Bertz CT molecular complexity index is 1040. The number of nitrogens with zero attached hydrogens (tertiary/aromatic N) is 2. The van der Waals surface area contributed by atoms with Crippen molar-refractivity contribution < 1.29 is 14.3 Å². The number of thiophene rings is 2. The molecule has 148 valence electrons. The van der Waals surface area contributed by atoms with Crippen molar-refractivity contribution in [3.05, 3.63) is 68.5 Å². The van der Waals surface area contributed by atoms with Crippen molar-refractivity contribution in [2.75, 3.05) is 24.6 Å². The Morgan fingerprint density at radius 1 is 1.10 bits per heavy atom. The highest BCUT2D eigenvalue weighted by Gasteiger charge is 2.34. The normalized spacial score (nSPS) is 18.2. The molecule has 2 aromatic heterocycles. The predicted octanol–water partition coefficient (Wildman–Crippen LogP) is 4.10. The molecule has 4 heterocycles. The van der Waals surface area contributed by atoms with E-state index in [2.05, 4.69) is 22.9 Å². The molecular formula is C22H20N2O3S2. The minimum absolute atomic E-state index is 0.0189. The van der Waals surface area contributed by atoms with E-state index in [0.29, 0.717) is 25.3 Å². The number of anilines is 1. The molecule has 1 atom stereocenters. The third-order valence-electron chi connectivity index (χ3n) is 5.46. The first-order valence-corrected chi connectivity index (χ1v) is 11.4. The molecule has 0 fully saturated rings. The zero-order chi connectivity index (χ0) is 19.8. The molecule has 0 saturated heterocycles. The van der Waals surface area contributed by atoms with Crippen molar-refractivity contribution in [1.82, 2.24) is 4.90 Å². The summed E-state index contributed by atoms with van der Waals surface area (Å²) < 4.78 is 5.50. The first-order valence-electron chi connectivity index (χ1n) is 9.63. The zero-order valence-corrected chi connectivity index (χ0v) is 17.4. The molecule has 2 aliphatic rings. The fourth-order valence-electron chi connectivity index (χ4n) is 4.09. The van der Waals surface area contributed by atoms with Gasteiger partial charge in [-0.25, -0.2) is 0 Å². The van der Waals surface area contributed by atoms with Crippen LogP contribution in [-0.4, -0.2) is 36.4 Å². The highest BCUT2D eigenvalue weighted by Crippen LogP contribution is 2.40. The van der Waals surface area contributed by atoms with E-state index in [9.17, 15) is 9.59 Å². The van der Waals surface area contributed by atoms with Crippen LogP contribution in [-0.2, 0) is 16.0 Å². The first-order chi connectivity index (χ1) is 14.2. The maximum Gasteiger partial charge on any atom is 0.265 e. The van der Waals surface area contributed by atoms with Crippen LogP contribution in [0.5, 0.6) is 5.75 Å². The van der Waals surface area contributed by atoms with Crippen LogP contribution >= 0.6 is 22.7 Å². The molecule has 1 aromatic carbocycles. The van der Waals surface area contributed by atoms with E-state index in [1.807, 2.05) is 35.2 Å². The molecule has 0 radical (unpaired) electrons. The lowest BCUT2D eigenvalue weighted by Gasteiger charge is -2.36. The summed E-state index contributed by atoms with van der Waals surface area (Å²) in [6.45, 7) is 1.09. The second-order valence-corrected chi connectivity index (χ2v) is 9.09. The monoisotopic (exact) mass is 424 g/mol. The third-order valence-corrected chi connectivity index (χ3v) is 7.38. The minimum atomic E-state index is -0.106.